The van der Waals surface area contributed by atoms with Gasteiger partial charge in [0.05, 0.1) is 17.4 Å². The first kappa shape index (κ1) is 11.6. The van der Waals surface area contributed by atoms with Crippen LogP contribution in [0.1, 0.15) is 17.2 Å². The van der Waals surface area contributed by atoms with E-state index in [9.17, 15) is 0 Å². The lowest BCUT2D eigenvalue weighted by molar-refractivity contribution is 0.445. The van der Waals surface area contributed by atoms with Crippen LogP contribution < -0.4 is 10.2 Å². The highest BCUT2D eigenvalue weighted by Gasteiger charge is 2.37. The van der Waals surface area contributed by atoms with E-state index in [-0.39, 0.29) is 0 Å². The lowest BCUT2D eigenvalue weighted by Gasteiger charge is -2.40. The van der Waals surface area contributed by atoms with Crippen LogP contribution in [0.5, 0.6) is 0 Å². The van der Waals surface area contributed by atoms with E-state index in [1.807, 2.05) is 0 Å². The van der Waals surface area contributed by atoms with Gasteiger partial charge in [0.2, 0.25) is 0 Å². The van der Waals surface area contributed by atoms with E-state index in [4.69, 9.17) is 0 Å². The standard InChI is InChI=1S/C18H19N3/c1-2-7-16-15(6-1)20-11-9-19-12-17(20)14-5-3-4-13-8-10-21(16)18(13)14/h1-3,5-8,10,14,17,19H,4,9,11-12H2. The topological polar surface area (TPSA) is 20.2 Å². The number of fused-ring (bicyclic) bond motifs is 5. The summed E-state index contributed by atoms with van der Waals surface area (Å²) in [7, 11) is 0. The fourth-order valence-electron chi connectivity index (χ4n) is 4.24. The summed E-state index contributed by atoms with van der Waals surface area (Å²) in [5, 5.41) is 3.59. The van der Waals surface area contributed by atoms with Crippen molar-refractivity contribution in [3.05, 3.63) is 59.9 Å². The Morgan fingerprint density at radius 1 is 1.10 bits per heavy atom. The minimum atomic E-state index is 0.490. The number of benzene rings is 1. The summed E-state index contributed by atoms with van der Waals surface area (Å²) in [5.41, 5.74) is 5.71. The van der Waals surface area contributed by atoms with Crippen LogP contribution >= 0.6 is 0 Å². The molecule has 106 valence electrons. The maximum Gasteiger partial charge on any atom is 0.0687 e. The third-order valence-electron chi connectivity index (χ3n) is 5.16. The molecule has 0 amide bonds. The average Bonchev–Trinajstić information content (AvgIpc) is 2.94. The van der Waals surface area contributed by atoms with Gasteiger partial charge in [-0.3, -0.25) is 0 Å². The molecule has 5 rings (SSSR count). The van der Waals surface area contributed by atoms with Crippen molar-refractivity contribution in [1.82, 2.24) is 9.88 Å². The molecule has 0 spiro atoms. The van der Waals surface area contributed by atoms with Crippen molar-refractivity contribution in [2.24, 2.45) is 0 Å². The van der Waals surface area contributed by atoms with Crippen molar-refractivity contribution in [2.75, 3.05) is 24.5 Å². The van der Waals surface area contributed by atoms with Crippen LogP contribution in [0.2, 0.25) is 0 Å². The molecule has 2 atom stereocenters. The van der Waals surface area contributed by atoms with Crippen molar-refractivity contribution in [2.45, 2.75) is 18.4 Å². The zero-order valence-corrected chi connectivity index (χ0v) is 12.0. The van der Waals surface area contributed by atoms with E-state index in [2.05, 4.69) is 63.5 Å². The van der Waals surface area contributed by atoms with Gasteiger partial charge in [0.15, 0.2) is 0 Å². The van der Waals surface area contributed by atoms with Crippen LogP contribution in [-0.4, -0.2) is 30.2 Å². The third-order valence-corrected chi connectivity index (χ3v) is 5.16. The predicted molar refractivity (Wildman–Crippen MR) is 85.4 cm³/mol. The van der Waals surface area contributed by atoms with Crippen LogP contribution in [0.15, 0.2) is 48.7 Å². The van der Waals surface area contributed by atoms with Crippen molar-refractivity contribution in [3.8, 4) is 5.69 Å². The molecule has 1 aliphatic carbocycles. The molecular formula is C18H19N3. The number of nitrogens with zero attached hydrogens (tertiary/aromatic N) is 2. The zero-order chi connectivity index (χ0) is 13.8. The Labute approximate surface area is 124 Å². The summed E-state index contributed by atoms with van der Waals surface area (Å²) in [5.74, 6) is 0.490. The molecule has 1 aromatic heterocycles. The molecule has 0 radical (unpaired) electrons. The van der Waals surface area contributed by atoms with E-state index < -0.39 is 0 Å². The predicted octanol–water partition coefficient (Wildman–Crippen LogP) is 2.46. The van der Waals surface area contributed by atoms with E-state index in [1.54, 1.807) is 0 Å². The molecule has 2 aromatic rings. The van der Waals surface area contributed by atoms with Crippen molar-refractivity contribution in [3.63, 3.8) is 0 Å². The summed E-state index contributed by atoms with van der Waals surface area (Å²) < 4.78 is 2.43. The molecular weight excluding hydrogens is 258 g/mol. The fraction of sp³-hybridized carbons (Fsp3) is 0.333. The summed E-state index contributed by atoms with van der Waals surface area (Å²) >= 11 is 0. The van der Waals surface area contributed by atoms with Gasteiger partial charge in [-0.1, -0.05) is 24.3 Å². The van der Waals surface area contributed by atoms with Gasteiger partial charge in [-0.2, -0.15) is 0 Å². The van der Waals surface area contributed by atoms with Gasteiger partial charge in [-0.25, -0.2) is 0 Å². The van der Waals surface area contributed by atoms with E-state index in [1.165, 1.54) is 22.6 Å². The molecule has 3 heteroatoms. The summed E-state index contributed by atoms with van der Waals surface area (Å²) in [6.45, 7) is 3.23. The number of nitrogens with one attached hydrogen (secondary N) is 1. The molecule has 0 bridgehead atoms. The first-order valence-corrected chi connectivity index (χ1v) is 7.87. The Balaban J connectivity index is 1.82. The average molecular weight is 277 g/mol. The van der Waals surface area contributed by atoms with Crippen molar-refractivity contribution >= 4 is 5.69 Å². The highest BCUT2D eigenvalue weighted by atomic mass is 15.3. The third kappa shape index (κ3) is 1.52. The Bertz CT molecular complexity index is 728. The molecule has 2 aliphatic heterocycles. The molecule has 3 heterocycles. The van der Waals surface area contributed by atoms with Crippen LogP contribution in [-0.2, 0) is 6.42 Å². The SMILES string of the molecule is C1=CC2c3c(ccn3-c3ccccc3N3CCNCC23)C1. The number of aromatic nitrogens is 1. The quantitative estimate of drug-likeness (QED) is 0.747. The van der Waals surface area contributed by atoms with E-state index in [0.29, 0.717) is 12.0 Å². The first-order valence-electron chi connectivity index (χ1n) is 7.87. The molecule has 3 nitrogen and oxygen atoms in total. The zero-order valence-electron chi connectivity index (χ0n) is 12.0. The smallest absolute Gasteiger partial charge is 0.0687 e. The first-order chi connectivity index (χ1) is 10.4. The van der Waals surface area contributed by atoms with Crippen LogP contribution in [0.4, 0.5) is 5.69 Å². The lowest BCUT2D eigenvalue weighted by atomic mass is 9.86. The second-order valence-electron chi connectivity index (χ2n) is 6.21. The van der Waals surface area contributed by atoms with E-state index in [0.717, 1.165) is 26.1 Å². The number of piperazine rings is 1. The van der Waals surface area contributed by atoms with Crippen LogP contribution in [0, 0.1) is 0 Å². The normalized spacial score (nSPS) is 25.8. The van der Waals surface area contributed by atoms with Gasteiger partial charge >= 0.3 is 0 Å². The van der Waals surface area contributed by atoms with Gasteiger partial charge in [0.25, 0.3) is 0 Å². The van der Waals surface area contributed by atoms with Crippen molar-refractivity contribution in [1.29, 1.82) is 0 Å². The second kappa shape index (κ2) is 4.25. The Kier molecular flexibility index (Phi) is 2.35. The molecule has 3 aliphatic rings. The monoisotopic (exact) mass is 277 g/mol. The number of anilines is 1. The molecule has 1 N–H and O–H groups in total. The minimum absolute atomic E-state index is 0.490. The fourth-order valence-corrected chi connectivity index (χ4v) is 4.24. The van der Waals surface area contributed by atoms with Gasteiger partial charge in [0.1, 0.15) is 0 Å². The highest BCUT2D eigenvalue weighted by Crippen LogP contribution is 2.41. The van der Waals surface area contributed by atoms with Gasteiger partial charge in [-0.05, 0) is 30.2 Å². The number of hydrogen-bond acceptors (Lipinski definition) is 2. The number of para-hydroxylation sites is 2. The molecule has 21 heavy (non-hydrogen) atoms. The Morgan fingerprint density at radius 2 is 2.00 bits per heavy atom. The lowest BCUT2D eigenvalue weighted by Crippen LogP contribution is -2.53. The molecule has 2 unspecified atom stereocenters. The highest BCUT2D eigenvalue weighted by molar-refractivity contribution is 5.67. The molecule has 1 saturated heterocycles. The minimum Gasteiger partial charge on any atom is -0.363 e. The number of allylic oxidation sites excluding steroid dienone is 1. The Morgan fingerprint density at radius 3 is 2.95 bits per heavy atom. The largest absolute Gasteiger partial charge is 0.363 e. The maximum atomic E-state index is 3.59. The Hall–Kier alpha value is -2.00. The second-order valence-corrected chi connectivity index (χ2v) is 6.21. The summed E-state index contributed by atoms with van der Waals surface area (Å²) in [6.07, 6.45) is 8.10. The molecule has 1 fully saturated rings. The van der Waals surface area contributed by atoms with Gasteiger partial charge in [-0.15, -0.1) is 0 Å². The number of hydrogen-bond donors (Lipinski definition) is 1. The maximum absolute atomic E-state index is 3.59. The number of rotatable bonds is 0. The van der Waals surface area contributed by atoms with E-state index >= 15 is 0 Å². The van der Waals surface area contributed by atoms with Gasteiger partial charge < -0.3 is 14.8 Å². The van der Waals surface area contributed by atoms with Gasteiger partial charge in [0, 0.05) is 37.4 Å². The summed E-state index contributed by atoms with van der Waals surface area (Å²) in [4.78, 5) is 2.61. The van der Waals surface area contributed by atoms with Crippen molar-refractivity contribution < 1.29 is 0 Å². The van der Waals surface area contributed by atoms with Crippen LogP contribution in [0.25, 0.3) is 5.69 Å². The van der Waals surface area contributed by atoms with Crippen LogP contribution in [0.3, 0.4) is 0 Å². The molecule has 1 aromatic carbocycles. The molecule has 0 saturated carbocycles. The summed E-state index contributed by atoms with van der Waals surface area (Å²) in [6, 6.07) is 11.7.